The Balaban J connectivity index is 1.87. The van der Waals surface area contributed by atoms with Crippen LogP contribution in [0, 0.1) is 5.82 Å². The van der Waals surface area contributed by atoms with Crippen LogP contribution in [0.15, 0.2) is 72.8 Å². The van der Waals surface area contributed by atoms with Crippen LogP contribution >= 0.6 is 0 Å². The van der Waals surface area contributed by atoms with E-state index in [1.165, 1.54) is 6.07 Å². The highest BCUT2D eigenvalue weighted by Crippen LogP contribution is 2.28. The molecule has 0 fully saturated rings. The van der Waals surface area contributed by atoms with Crippen LogP contribution in [0.3, 0.4) is 0 Å². The van der Waals surface area contributed by atoms with Crippen molar-refractivity contribution in [2.45, 2.75) is 18.8 Å². The highest BCUT2D eigenvalue weighted by atomic mass is 32.2. The lowest BCUT2D eigenvalue weighted by Gasteiger charge is -2.19. The van der Waals surface area contributed by atoms with E-state index in [1.54, 1.807) is 30.3 Å². The number of carbonyl (C=O) groups is 1. The molecule has 29 heavy (non-hydrogen) atoms. The van der Waals surface area contributed by atoms with E-state index in [2.05, 4.69) is 10.0 Å². The molecule has 0 bridgehead atoms. The number of benzene rings is 3. The van der Waals surface area contributed by atoms with E-state index in [4.69, 9.17) is 0 Å². The third-order valence-corrected chi connectivity index (χ3v) is 5.01. The van der Waals surface area contributed by atoms with E-state index >= 15 is 0 Å². The fourth-order valence-corrected chi connectivity index (χ4v) is 3.65. The molecule has 7 heteroatoms. The fraction of sp³-hybridized carbons (Fsp3) is 0.136. The van der Waals surface area contributed by atoms with Crippen molar-refractivity contribution < 1.29 is 17.9 Å². The van der Waals surface area contributed by atoms with Crippen LogP contribution in [0.4, 0.5) is 15.8 Å². The second-order valence-corrected chi connectivity index (χ2v) is 7.30. The molecule has 2 unspecified atom stereocenters. The monoisotopic (exact) mass is 411 g/mol. The molecule has 150 valence electrons. The van der Waals surface area contributed by atoms with Crippen molar-refractivity contribution in [3.8, 4) is 0 Å². The number of rotatable bonds is 9. The van der Waals surface area contributed by atoms with Crippen molar-refractivity contribution >= 4 is 29.1 Å². The third-order valence-electron chi connectivity index (χ3n) is 4.61. The molecule has 5 nitrogen and oxygen atoms in total. The Morgan fingerprint density at radius 1 is 0.966 bits per heavy atom. The molecule has 0 aliphatic heterocycles. The van der Waals surface area contributed by atoms with Gasteiger partial charge in [0.05, 0.1) is 5.69 Å². The van der Waals surface area contributed by atoms with Gasteiger partial charge in [0.2, 0.25) is 6.41 Å². The molecule has 0 spiro atoms. The summed E-state index contributed by atoms with van der Waals surface area (Å²) < 4.78 is 38.0. The van der Waals surface area contributed by atoms with Gasteiger partial charge in [-0.25, -0.2) is 4.39 Å². The number of hydrogen-bond acceptors (Lipinski definition) is 3. The second-order valence-electron chi connectivity index (χ2n) is 6.63. The Kier molecular flexibility index (Phi) is 7.10. The van der Waals surface area contributed by atoms with Crippen molar-refractivity contribution in [2.75, 3.05) is 10.0 Å². The van der Waals surface area contributed by atoms with Crippen LogP contribution < -0.4 is 10.0 Å². The van der Waals surface area contributed by atoms with E-state index in [0.29, 0.717) is 24.9 Å². The molecule has 0 heterocycles. The van der Waals surface area contributed by atoms with Crippen LogP contribution in [0.25, 0.3) is 0 Å². The summed E-state index contributed by atoms with van der Waals surface area (Å²) in [4.78, 5) is 10.7. The summed E-state index contributed by atoms with van der Waals surface area (Å²) in [6, 6.07) is 21.9. The summed E-state index contributed by atoms with van der Waals surface area (Å²) in [6.07, 6.45) is 1.75. The van der Waals surface area contributed by atoms with Gasteiger partial charge in [-0.2, -0.15) is 0 Å². The Hall–Kier alpha value is -3.03. The van der Waals surface area contributed by atoms with Crippen LogP contribution in [0.2, 0.25) is 0 Å². The molecule has 0 saturated heterocycles. The number of nitrogens with one attached hydrogen (secondary N) is 2. The lowest BCUT2D eigenvalue weighted by atomic mass is 9.86. The van der Waals surface area contributed by atoms with Crippen molar-refractivity contribution in [3.63, 3.8) is 0 Å². The minimum absolute atomic E-state index is 0.0822. The number of halogens is 1. The smallest absolute Gasteiger partial charge is 0.211 e. The summed E-state index contributed by atoms with van der Waals surface area (Å²) in [7, 11) is 0. The maximum atomic E-state index is 13.8. The summed E-state index contributed by atoms with van der Waals surface area (Å²) in [5, 5.41) is 2.38. The average Bonchev–Trinajstić information content (AvgIpc) is 2.70. The number of anilines is 2. The first-order valence-electron chi connectivity index (χ1n) is 9.03. The van der Waals surface area contributed by atoms with E-state index in [0.717, 1.165) is 16.7 Å². The van der Waals surface area contributed by atoms with Gasteiger partial charge in [0.25, 0.3) is 0 Å². The van der Waals surface area contributed by atoms with Gasteiger partial charge >= 0.3 is 0 Å². The highest BCUT2D eigenvalue weighted by molar-refractivity contribution is 7.80. The predicted molar refractivity (Wildman–Crippen MR) is 112 cm³/mol. The van der Waals surface area contributed by atoms with Crippen LogP contribution in [-0.4, -0.2) is 15.2 Å². The number of amides is 1. The van der Waals surface area contributed by atoms with Crippen LogP contribution in [-0.2, 0) is 28.9 Å². The molecule has 0 radical (unpaired) electrons. The Bertz CT molecular complexity index is 998. The van der Waals surface area contributed by atoms with Crippen molar-refractivity contribution in [1.29, 1.82) is 0 Å². The Labute approximate surface area is 171 Å². The first-order chi connectivity index (χ1) is 14.0. The quantitative estimate of drug-likeness (QED) is 0.410. The van der Waals surface area contributed by atoms with Crippen LogP contribution in [0.5, 0.6) is 0 Å². The predicted octanol–water partition coefficient (Wildman–Crippen LogP) is 4.17. The molecule has 0 saturated carbocycles. The van der Waals surface area contributed by atoms with Crippen molar-refractivity contribution in [3.05, 3.63) is 95.3 Å². The van der Waals surface area contributed by atoms with Gasteiger partial charge in [-0.1, -0.05) is 48.5 Å². The molecule has 3 aromatic carbocycles. The van der Waals surface area contributed by atoms with E-state index in [1.807, 2.05) is 36.4 Å². The largest absolute Gasteiger partial charge is 0.755 e. The molecule has 3 rings (SSSR count). The second kappa shape index (κ2) is 9.95. The van der Waals surface area contributed by atoms with Crippen LogP contribution in [0.1, 0.15) is 22.6 Å². The Morgan fingerprint density at radius 3 is 2.38 bits per heavy atom. The summed E-state index contributed by atoms with van der Waals surface area (Å²) >= 11 is -2.38. The van der Waals surface area contributed by atoms with Gasteiger partial charge < -0.3 is 14.6 Å². The SMILES string of the molecule is O=CNc1cc(CC(Cc2cccc(NS(=O)[O-])c2)c2ccccc2)ccc1F. The topological polar surface area (TPSA) is 81.3 Å². The van der Waals surface area contributed by atoms with Gasteiger partial charge in [0.15, 0.2) is 0 Å². The van der Waals surface area contributed by atoms with E-state index < -0.39 is 17.1 Å². The van der Waals surface area contributed by atoms with E-state index in [9.17, 15) is 17.9 Å². The number of hydrogen-bond donors (Lipinski definition) is 2. The summed E-state index contributed by atoms with van der Waals surface area (Å²) in [5.74, 6) is -0.403. The Morgan fingerprint density at radius 2 is 1.69 bits per heavy atom. The summed E-state index contributed by atoms with van der Waals surface area (Å²) in [5.41, 5.74) is 3.63. The van der Waals surface area contributed by atoms with Gasteiger partial charge in [-0.15, -0.1) is 0 Å². The molecule has 3 aromatic rings. The number of carbonyl (C=O) groups excluding carboxylic acids is 1. The summed E-state index contributed by atoms with van der Waals surface area (Å²) in [6.45, 7) is 0. The van der Waals surface area contributed by atoms with Gasteiger partial charge in [0.1, 0.15) is 5.82 Å². The maximum Gasteiger partial charge on any atom is 0.211 e. The molecule has 0 aliphatic rings. The van der Waals surface area contributed by atoms with Crippen molar-refractivity contribution in [1.82, 2.24) is 0 Å². The van der Waals surface area contributed by atoms with E-state index in [-0.39, 0.29) is 11.6 Å². The minimum atomic E-state index is -2.38. The minimum Gasteiger partial charge on any atom is -0.755 e. The molecule has 0 aromatic heterocycles. The van der Waals surface area contributed by atoms with Gasteiger partial charge in [-0.05, 0) is 59.7 Å². The first kappa shape index (κ1) is 20.7. The molecular formula is C22H20FN2O3S-. The molecule has 1 amide bonds. The third kappa shape index (κ3) is 5.97. The standard InChI is InChI=1S/C22H21FN2O3S/c23-21-10-9-17(14-22(21)24-15-26)12-19(18-6-2-1-3-7-18)11-16-5-4-8-20(13-16)25-29(27)28/h1-10,13-15,19,25H,11-12H2,(H,24,26)(H,27,28)/p-1. The zero-order chi connectivity index (χ0) is 20.6. The zero-order valence-electron chi connectivity index (χ0n) is 15.5. The zero-order valence-corrected chi connectivity index (χ0v) is 16.3. The molecule has 0 aliphatic carbocycles. The molecular weight excluding hydrogens is 391 g/mol. The lowest BCUT2D eigenvalue weighted by Crippen LogP contribution is -2.08. The molecule has 2 atom stereocenters. The van der Waals surface area contributed by atoms with Gasteiger partial charge in [0, 0.05) is 17.0 Å². The highest BCUT2D eigenvalue weighted by Gasteiger charge is 2.15. The lowest BCUT2D eigenvalue weighted by molar-refractivity contribution is -0.105. The maximum absolute atomic E-state index is 13.8. The fourth-order valence-electron chi connectivity index (χ4n) is 3.33. The first-order valence-corrected chi connectivity index (χ1v) is 10.1. The average molecular weight is 411 g/mol. The van der Waals surface area contributed by atoms with Gasteiger partial charge in [-0.3, -0.25) is 9.00 Å². The van der Waals surface area contributed by atoms with Crippen molar-refractivity contribution in [2.24, 2.45) is 0 Å². The molecule has 2 N–H and O–H groups in total. The normalized spacial score (nSPS) is 12.8.